The Hall–Kier alpha value is -2.00. The Kier molecular flexibility index (Phi) is 6.46. The number of carbonyl (C=O) groups is 1. The highest BCUT2D eigenvalue weighted by Crippen LogP contribution is 2.30. The minimum atomic E-state index is -4.45. The number of aliphatic imine (C=N–C) groups is 1. The predicted molar refractivity (Wildman–Crippen MR) is 74.5 cm³/mol. The summed E-state index contributed by atoms with van der Waals surface area (Å²) in [5, 5.41) is 2.35. The van der Waals surface area contributed by atoms with Crippen LogP contribution < -0.4 is 11.1 Å². The van der Waals surface area contributed by atoms with Crippen molar-refractivity contribution in [3.63, 3.8) is 0 Å². The zero-order valence-corrected chi connectivity index (χ0v) is 11.5. The van der Waals surface area contributed by atoms with Crippen LogP contribution in [-0.2, 0) is 6.18 Å². The monoisotopic (exact) mass is 326 g/mol. The van der Waals surface area contributed by atoms with Crippen molar-refractivity contribution < 1.29 is 23.4 Å². The van der Waals surface area contributed by atoms with E-state index < -0.39 is 17.8 Å². The number of halogens is 4. The van der Waals surface area contributed by atoms with Gasteiger partial charge in [0.1, 0.15) is 0 Å². The smallest absolute Gasteiger partial charge is 0.412 e. The molecule has 0 spiro atoms. The minimum absolute atomic E-state index is 0. The van der Waals surface area contributed by atoms with Gasteiger partial charge in [0.15, 0.2) is 5.96 Å². The normalized spacial score (nSPS) is 13.9. The standard InChI is InChI=1S/C11H11F3N4O.ClH.H2O/c12-11(13,14)7-2-1-3-8(6-7)17-10(19)18-5-4-16-9(18)15;;/h1-3,6H,4-5H2,(H2,15,16)(H,17,19);1H;1H2. The number of guanidine groups is 1. The maximum absolute atomic E-state index is 12.5. The summed E-state index contributed by atoms with van der Waals surface area (Å²) in [4.78, 5) is 16.7. The Labute approximate surface area is 124 Å². The molecule has 1 aromatic rings. The van der Waals surface area contributed by atoms with Gasteiger partial charge in [0, 0.05) is 5.69 Å². The molecule has 5 N–H and O–H groups in total. The molecule has 2 amide bonds. The van der Waals surface area contributed by atoms with E-state index in [4.69, 9.17) is 5.73 Å². The first-order valence-corrected chi connectivity index (χ1v) is 5.43. The van der Waals surface area contributed by atoms with E-state index in [9.17, 15) is 18.0 Å². The second-order valence-corrected chi connectivity index (χ2v) is 3.90. The Morgan fingerprint density at radius 2 is 2.05 bits per heavy atom. The summed E-state index contributed by atoms with van der Waals surface area (Å²) in [6.07, 6.45) is -4.45. The maximum Gasteiger partial charge on any atom is 0.416 e. The first kappa shape index (κ1) is 19.0. The molecule has 0 saturated heterocycles. The van der Waals surface area contributed by atoms with E-state index >= 15 is 0 Å². The van der Waals surface area contributed by atoms with E-state index in [-0.39, 0.29) is 29.5 Å². The molecule has 1 heterocycles. The highest BCUT2D eigenvalue weighted by Gasteiger charge is 2.30. The molecule has 0 radical (unpaired) electrons. The Morgan fingerprint density at radius 1 is 1.38 bits per heavy atom. The zero-order valence-electron chi connectivity index (χ0n) is 10.6. The zero-order chi connectivity index (χ0) is 14.0. The Balaban J connectivity index is 0.00000200. The fraction of sp³-hybridized carbons (Fsp3) is 0.273. The summed E-state index contributed by atoms with van der Waals surface area (Å²) in [7, 11) is 0. The second-order valence-electron chi connectivity index (χ2n) is 3.90. The van der Waals surface area contributed by atoms with E-state index in [1.165, 1.54) is 17.0 Å². The minimum Gasteiger partial charge on any atom is -0.412 e. The van der Waals surface area contributed by atoms with Crippen LogP contribution in [0, 0.1) is 0 Å². The van der Waals surface area contributed by atoms with Crippen LogP contribution in [-0.4, -0.2) is 35.5 Å². The quantitative estimate of drug-likeness (QED) is 0.816. The van der Waals surface area contributed by atoms with Gasteiger partial charge in [0.25, 0.3) is 0 Å². The number of anilines is 1. The molecule has 1 aliphatic rings. The van der Waals surface area contributed by atoms with Gasteiger partial charge >= 0.3 is 12.2 Å². The maximum atomic E-state index is 12.5. The van der Waals surface area contributed by atoms with Crippen LogP contribution in [0.4, 0.5) is 23.7 Å². The number of benzene rings is 1. The molecule has 118 valence electrons. The molecule has 0 aromatic heterocycles. The third-order valence-electron chi connectivity index (χ3n) is 2.56. The molecule has 2 rings (SSSR count). The molecule has 0 fully saturated rings. The van der Waals surface area contributed by atoms with Gasteiger partial charge in [0.05, 0.1) is 18.7 Å². The average Bonchev–Trinajstić information content (AvgIpc) is 2.75. The van der Waals surface area contributed by atoms with Crippen molar-refractivity contribution >= 4 is 30.1 Å². The third-order valence-corrected chi connectivity index (χ3v) is 2.56. The number of carbonyl (C=O) groups excluding carboxylic acids is 1. The lowest BCUT2D eigenvalue weighted by molar-refractivity contribution is -0.137. The van der Waals surface area contributed by atoms with Crippen molar-refractivity contribution in [2.75, 3.05) is 18.4 Å². The van der Waals surface area contributed by atoms with Crippen molar-refractivity contribution in [1.82, 2.24) is 4.90 Å². The number of hydrogen-bond acceptors (Lipinski definition) is 3. The molecule has 1 aromatic carbocycles. The third kappa shape index (κ3) is 4.50. The van der Waals surface area contributed by atoms with E-state index in [0.29, 0.717) is 13.1 Å². The van der Waals surface area contributed by atoms with Gasteiger partial charge < -0.3 is 16.5 Å². The lowest BCUT2D eigenvalue weighted by Gasteiger charge is -2.16. The van der Waals surface area contributed by atoms with E-state index in [1.54, 1.807) is 0 Å². The van der Waals surface area contributed by atoms with Crippen LogP contribution in [0.25, 0.3) is 0 Å². The van der Waals surface area contributed by atoms with Crippen LogP contribution in [0.1, 0.15) is 5.56 Å². The molecule has 21 heavy (non-hydrogen) atoms. The predicted octanol–water partition coefficient (Wildman–Crippen LogP) is 1.46. The van der Waals surface area contributed by atoms with Gasteiger partial charge in [-0.3, -0.25) is 9.89 Å². The molecule has 0 saturated carbocycles. The van der Waals surface area contributed by atoms with Crippen molar-refractivity contribution in [3.05, 3.63) is 29.8 Å². The van der Waals surface area contributed by atoms with Crippen LogP contribution in [0.15, 0.2) is 29.3 Å². The first-order valence-electron chi connectivity index (χ1n) is 5.43. The number of nitrogens with zero attached hydrogens (tertiary/aromatic N) is 2. The highest BCUT2D eigenvalue weighted by atomic mass is 35.5. The van der Waals surface area contributed by atoms with Crippen molar-refractivity contribution in [2.45, 2.75) is 6.18 Å². The van der Waals surface area contributed by atoms with Gasteiger partial charge in [-0.05, 0) is 18.2 Å². The van der Waals surface area contributed by atoms with Crippen molar-refractivity contribution in [2.24, 2.45) is 10.7 Å². The summed E-state index contributed by atoms with van der Waals surface area (Å²) in [6.45, 7) is 0.707. The molecule has 10 heteroatoms. The molecule has 0 bridgehead atoms. The summed E-state index contributed by atoms with van der Waals surface area (Å²) >= 11 is 0. The molecule has 1 aliphatic heterocycles. The van der Waals surface area contributed by atoms with E-state index in [0.717, 1.165) is 12.1 Å². The number of rotatable bonds is 1. The van der Waals surface area contributed by atoms with Gasteiger partial charge in [0.2, 0.25) is 0 Å². The number of hydrogen-bond donors (Lipinski definition) is 2. The number of amides is 2. The van der Waals surface area contributed by atoms with Crippen molar-refractivity contribution in [3.8, 4) is 0 Å². The summed E-state index contributed by atoms with van der Waals surface area (Å²) in [5.41, 5.74) is 4.70. The molecule has 0 atom stereocenters. The number of alkyl halides is 3. The fourth-order valence-electron chi connectivity index (χ4n) is 1.63. The summed E-state index contributed by atoms with van der Waals surface area (Å²) in [5.74, 6) is 0.0597. The molecule has 0 aliphatic carbocycles. The Bertz CT molecular complexity index is 536. The van der Waals surface area contributed by atoms with Gasteiger partial charge in [-0.25, -0.2) is 4.79 Å². The fourth-order valence-corrected chi connectivity index (χ4v) is 1.63. The van der Waals surface area contributed by atoms with E-state index in [1.807, 2.05) is 0 Å². The highest BCUT2D eigenvalue weighted by molar-refractivity contribution is 6.02. The van der Waals surface area contributed by atoms with Gasteiger partial charge in [-0.1, -0.05) is 6.07 Å². The molecular formula is C11H14ClF3N4O2. The van der Waals surface area contributed by atoms with Gasteiger partial charge in [-0.2, -0.15) is 13.2 Å². The van der Waals surface area contributed by atoms with Crippen molar-refractivity contribution in [1.29, 1.82) is 0 Å². The van der Waals surface area contributed by atoms with Crippen LogP contribution in [0.3, 0.4) is 0 Å². The summed E-state index contributed by atoms with van der Waals surface area (Å²) in [6, 6.07) is 3.79. The molecule has 0 unspecified atom stereocenters. The second kappa shape index (κ2) is 7.14. The van der Waals surface area contributed by atoms with Crippen LogP contribution >= 0.6 is 12.4 Å². The number of nitrogens with two attached hydrogens (primary N) is 1. The van der Waals surface area contributed by atoms with Crippen LogP contribution in [0.2, 0.25) is 0 Å². The van der Waals surface area contributed by atoms with Gasteiger partial charge in [-0.15, -0.1) is 12.4 Å². The molecule has 6 nitrogen and oxygen atoms in total. The topological polar surface area (TPSA) is 102 Å². The Morgan fingerprint density at radius 3 is 2.57 bits per heavy atom. The number of nitrogens with one attached hydrogen (secondary N) is 1. The lowest BCUT2D eigenvalue weighted by Crippen LogP contribution is -2.41. The average molecular weight is 327 g/mol. The SMILES string of the molecule is Cl.NC1=NCCN1C(=O)Nc1cccc(C(F)(F)F)c1.O. The van der Waals surface area contributed by atoms with Crippen LogP contribution in [0.5, 0.6) is 0 Å². The largest absolute Gasteiger partial charge is 0.416 e. The van der Waals surface area contributed by atoms with E-state index in [2.05, 4.69) is 10.3 Å². The molecular weight excluding hydrogens is 313 g/mol. The first-order chi connectivity index (χ1) is 8.88. The number of urea groups is 1. The lowest BCUT2D eigenvalue weighted by atomic mass is 10.2. The summed E-state index contributed by atoms with van der Waals surface area (Å²) < 4.78 is 37.5.